The number of aromatic hydroxyl groups is 1. The third-order valence-corrected chi connectivity index (χ3v) is 7.88. The summed E-state index contributed by atoms with van der Waals surface area (Å²) in [5, 5.41) is 9.77. The Balaban J connectivity index is 1.52. The molecule has 1 saturated heterocycles. The minimum atomic E-state index is 0.220. The van der Waals surface area contributed by atoms with Gasteiger partial charge < -0.3 is 9.84 Å². The molecule has 22 heavy (non-hydrogen) atoms. The molecule has 0 radical (unpaired) electrons. The Bertz CT molecular complexity index is 639. The van der Waals surface area contributed by atoms with Gasteiger partial charge in [-0.2, -0.15) is 0 Å². The summed E-state index contributed by atoms with van der Waals surface area (Å²) in [7, 11) is 0. The number of hydrogen-bond donors (Lipinski definition) is 1. The fraction of sp³-hybridized carbons (Fsp3) is 0.700. The van der Waals surface area contributed by atoms with Gasteiger partial charge in [-0.25, -0.2) is 0 Å². The summed E-state index contributed by atoms with van der Waals surface area (Å²) >= 11 is 0. The summed E-state index contributed by atoms with van der Waals surface area (Å²) < 4.78 is 6.17. The molecule has 1 aromatic carbocycles. The van der Waals surface area contributed by atoms with Crippen LogP contribution in [0.15, 0.2) is 18.2 Å². The van der Waals surface area contributed by atoms with Gasteiger partial charge in [-0.15, -0.1) is 0 Å². The summed E-state index contributed by atoms with van der Waals surface area (Å²) in [4.78, 5) is 0. The Morgan fingerprint density at radius 2 is 2.00 bits per heavy atom. The molecule has 118 valence electrons. The molecule has 3 aliphatic carbocycles. The van der Waals surface area contributed by atoms with E-state index < -0.39 is 0 Å². The third kappa shape index (κ3) is 1.45. The SMILES string of the molecule is CC1O[C@@]12CC[C@H]1[C@@H]3CCc4cc(O)ccc4[C@H]3CC[C@@]12C. The largest absolute Gasteiger partial charge is 0.508 e. The zero-order valence-corrected chi connectivity index (χ0v) is 13.6. The number of fused-ring (bicyclic) bond motifs is 6. The maximum Gasteiger partial charge on any atom is 0.115 e. The van der Waals surface area contributed by atoms with Gasteiger partial charge >= 0.3 is 0 Å². The van der Waals surface area contributed by atoms with E-state index in [1.54, 1.807) is 0 Å². The Hall–Kier alpha value is -1.02. The van der Waals surface area contributed by atoms with Gasteiger partial charge in [-0.3, -0.25) is 0 Å². The molecule has 2 nitrogen and oxygen atoms in total. The van der Waals surface area contributed by atoms with Crippen LogP contribution in [0.3, 0.4) is 0 Å². The summed E-state index contributed by atoms with van der Waals surface area (Å²) in [6.45, 7) is 4.80. The van der Waals surface area contributed by atoms with E-state index in [9.17, 15) is 5.11 Å². The minimum absolute atomic E-state index is 0.220. The molecule has 1 aliphatic heterocycles. The van der Waals surface area contributed by atoms with Crippen LogP contribution in [0, 0.1) is 17.3 Å². The van der Waals surface area contributed by atoms with E-state index in [-0.39, 0.29) is 5.60 Å². The molecule has 1 heterocycles. The van der Waals surface area contributed by atoms with Gasteiger partial charge in [-0.1, -0.05) is 13.0 Å². The molecule has 6 atom stereocenters. The van der Waals surface area contributed by atoms with Crippen molar-refractivity contribution in [3.8, 4) is 5.75 Å². The smallest absolute Gasteiger partial charge is 0.115 e. The van der Waals surface area contributed by atoms with Crippen molar-refractivity contribution in [1.29, 1.82) is 0 Å². The first-order valence-corrected chi connectivity index (χ1v) is 9.05. The highest BCUT2D eigenvalue weighted by Crippen LogP contribution is 2.70. The van der Waals surface area contributed by atoms with Crippen molar-refractivity contribution in [2.45, 2.75) is 70.0 Å². The second-order valence-electron chi connectivity index (χ2n) is 8.44. The summed E-state index contributed by atoms with van der Waals surface area (Å²) in [6.07, 6.45) is 8.16. The van der Waals surface area contributed by atoms with Crippen molar-refractivity contribution in [2.75, 3.05) is 0 Å². The van der Waals surface area contributed by atoms with E-state index in [0.717, 1.165) is 18.3 Å². The first-order chi connectivity index (χ1) is 10.6. The van der Waals surface area contributed by atoms with E-state index in [4.69, 9.17) is 4.74 Å². The molecule has 1 aromatic rings. The Kier molecular flexibility index (Phi) is 2.49. The number of epoxide rings is 1. The quantitative estimate of drug-likeness (QED) is 0.720. The van der Waals surface area contributed by atoms with Crippen molar-refractivity contribution in [3.63, 3.8) is 0 Å². The summed E-state index contributed by atoms with van der Waals surface area (Å²) in [5.41, 5.74) is 3.55. The number of phenols is 1. The van der Waals surface area contributed by atoms with Crippen molar-refractivity contribution in [3.05, 3.63) is 29.3 Å². The fourth-order valence-corrected chi connectivity index (χ4v) is 6.74. The molecular weight excluding hydrogens is 272 g/mol. The second kappa shape index (κ2) is 4.08. The molecule has 0 bridgehead atoms. The van der Waals surface area contributed by atoms with E-state index in [2.05, 4.69) is 19.9 Å². The van der Waals surface area contributed by atoms with Crippen LogP contribution in [0.2, 0.25) is 0 Å². The molecule has 1 spiro atoms. The van der Waals surface area contributed by atoms with Crippen LogP contribution in [0.25, 0.3) is 0 Å². The highest BCUT2D eigenvalue weighted by Gasteiger charge is 2.72. The Morgan fingerprint density at radius 1 is 1.18 bits per heavy atom. The van der Waals surface area contributed by atoms with Gasteiger partial charge in [-0.05, 0) is 86.5 Å². The topological polar surface area (TPSA) is 32.8 Å². The van der Waals surface area contributed by atoms with Crippen molar-refractivity contribution in [1.82, 2.24) is 0 Å². The predicted molar refractivity (Wildman–Crippen MR) is 86.0 cm³/mol. The van der Waals surface area contributed by atoms with Crippen LogP contribution in [0.4, 0.5) is 0 Å². The van der Waals surface area contributed by atoms with Gasteiger partial charge in [0.2, 0.25) is 0 Å². The molecule has 2 saturated carbocycles. The average molecular weight is 298 g/mol. The van der Waals surface area contributed by atoms with Crippen LogP contribution < -0.4 is 0 Å². The maximum atomic E-state index is 9.77. The van der Waals surface area contributed by atoms with E-state index >= 15 is 0 Å². The van der Waals surface area contributed by atoms with Gasteiger partial charge in [0.1, 0.15) is 11.4 Å². The number of rotatable bonds is 0. The lowest BCUT2D eigenvalue weighted by molar-refractivity contribution is 0.0120. The molecule has 4 aliphatic rings. The maximum absolute atomic E-state index is 9.77. The third-order valence-electron chi connectivity index (χ3n) is 7.88. The fourth-order valence-electron chi connectivity index (χ4n) is 6.74. The highest BCUT2D eigenvalue weighted by molar-refractivity contribution is 5.40. The molecule has 2 heteroatoms. The molecule has 1 unspecified atom stereocenters. The van der Waals surface area contributed by atoms with Crippen molar-refractivity contribution in [2.24, 2.45) is 17.3 Å². The van der Waals surface area contributed by atoms with Gasteiger partial charge in [0.05, 0.1) is 6.10 Å². The van der Waals surface area contributed by atoms with Gasteiger partial charge in [0, 0.05) is 5.41 Å². The second-order valence-corrected chi connectivity index (χ2v) is 8.44. The Labute approximate surface area is 132 Å². The standard InChI is InChI=1S/C20H26O2/c1-12-20(22-12)10-8-18-17-5-3-13-11-14(21)4-6-15(13)16(17)7-9-19(18,20)2/h4,6,11-12,16-18,21H,3,5,7-10H2,1-2H3/t12?,16-,17-,18+,19+,20+/m1/s1. The summed E-state index contributed by atoms with van der Waals surface area (Å²) in [6, 6.07) is 6.09. The lowest BCUT2D eigenvalue weighted by Crippen LogP contribution is -2.46. The first kappa shape index (κ1) is 13.4. The van der Waals surface area contributed by atoms with E-state index in [1.165, 1.54) is 43.2 Å². The number of ether oxygens (including phenoxy) is 1. The van der Waals surface area contributed by atoms with Crippen LogP contribution in [-0.2, 0) is 11.2 Å². The molecule has 0 aromatic heterocycles. The number of benzene rings is 1. The molecule has 0 amide bonds. The molecule has 3 fully saturated rings. The van der Waals surface area contributed by atoms with Gasteiger partial charge in [0.25, 0.3) is 0 Å². The van der Waals surface area contributed by atoms with Crippen molar-refractivity contribution < 1.29 is 9.84 Å². The molecule has 5 rings (SSSR count). The normalized spacial score (nSPS) is 48.6. The predicted octanol–water partition coefficient (Wildman–Crippen LogP) is 4.41. The monoisotopic (exact) mass is 298 g/mol. The molecule has 1 N–H and O–H groups in total. The zero-order valence-electron chi connectivity index (χ0n) is 13.6. The van der Waals surface area contributed by atoms with E-state index in [0.29, 0.717) is 23.2 Å². The first-order valence-electron chi connectivity index (χ1n) is 9.05. The molecular formula is C20H26O2. The van der Waals surface area contributed by atoms with Crippen molar-refractivity contribution >= 4 is 0 Å². The zero-order chi connectivity index (χ0) is 15.1. The number of aryl methyl sites for hydroxylation is 1. The number of hydrogen-bond acceptors (Lipinski definition) is 2. The van der Waals surface area contributed by atoms with Crippen LogP contribution in [-0.4, -0.2) is 16.8 Å². The number of phenolic OH excluding ortho intramolecular Hbond substituents is 1. The lowest BCUT2D eigenvalue weighted by atomic mass is 9.54. The van der Waals surface area contributed by atoms with Crippen LogP contribution >= 0.6 is 0 Å². The Morgan fingerprint density at radius 3 is 2.77 bits per heavy atom. The highest BCUT2D eigenvalue weighted by atomic mass is 16.6. The van der Waals surface area contributed by atoms with E-state index in [1.807, 2.05) is 12.1 Å². The lowest BCUT2D eigenvalue weighted by Gasteiger charge is -2.50. The van der Waals surface area contributed by atoms with Crippen LogP contribution in [0.5, 0.6) is 5.75 Å². The summed E-state index contributed by atoms with van der Waals surface area (Å²) in [5.74, 6) is 2.80. The van der Waals surface area contributed by atoms with Gasteiger partial charge in [0.15, 0.2) is 0 Å². The van der Waals surface area contributed by atoms with Crippen LogP contribution in [0.1, 0.15) is 63.0 Å². The average Bonchev–Trinajstić information content (AvgIpc) is 3.07. The minimum Gasteiger partial charge on any atom is -0.508 e.